The molecule has 3 heteroatoms. The second-order valence-electron chi connectivity index (χ2n) is 7.16. The first-order valence-electron chi connectivity index (χ1n) is 8.86. The molecular weight excluding hydrogens is 316 g/mol. The zero-order valence-corrected chi connectivity index (χ0v) is 15.6. The molecule has 0 aliphatic carbocycles. The third kappa shape index (κ3) is 4.38. The van der Waals surface area contributed by atoms with Gasteiger partial charge >= 0.3 is 0 Å². The Bertz CT molecular complexity index is 679. The Hall–Kier alpha value is -1.35. The molecule has 1 atom stereocenters. The molecule has 1 aliphatic heterocycles. The van der Waals surface area contributed by atoms with Gasteiger partial charge in [-0.05, 0) is 47.7 Å². The Morgan fingerprint density at radius 2 is 1.79 bits per heavy atom. The van der Waals surface area contributed by atoms with Gasteiger partial charge in [0.25, 0.3) is 0 Å². The first kappa shape index (κ1) is 17.5. The third-order valence-corrected chi connectivity index (χ3v) is 4.96. The highest BCUT2D eigenvalue weighted by Gasteiger charge is 2.16. The van der Waals surface area contributed by atoms with Crippen molar-refractivity contribution in [2.75, 3.05) is 6.54 Å². The molecule has 1 aliphatic rings. The van der Waals surface area contributed by atoms with Crippen LogP contribution in [0, 0.1) is 0 Å². The molecule has 0 bridgehead atoms. The molecule has 0 fully saturated rings. The minimum Gasteiger partial charge on any atom is -0.308 e. The minimum atomic E-state index is 0.394. The van der Waals surface area contributed by atoms with Gasteiger partial charge in [0.1, 0.15) is 0 Å². The smallest absolute Gasteiger partial charge is 0.0408 e. The first-order valence-corrected chi connectivity index (χ1v) is 9.23. The highest BCUT2D eigenvalue weighted by atomic mass is 35.5. The van der Waals surface area contributed by atoms with E-state index in [-0.39, 0.29) is 0 Å². The van der Waals surface area contributed by atoms with E-state index in [2.05, 4.69) is 67.4 Å². The lowest BCUT2D eigenvalue weighted by Gasteiger charge is -2.29. The fraction of sp³-hybridized carbons (Fsp3) is 0.429. The predicted octanol–water partition coefficient (Wildman–Crippen LogP) is 4.96. The van der Waals surface area contributed by atoms with Gasteiger partial charge in [-0.25, -0.2) is 0 Å². The van der Waals surface area contributed by atoms with E-state index in [4.69, 9.17) is 11.6 Å². The van der Waals surface area contributed by atoms with Crippen molar-refractivity contribution in [3.05, 3.63) is 69.7 Å². The van der Waals surface area contributed by atoms with Gasteiger partial charge in [0.05, 0.1) is 0 Å². The van der Waals surface area contributed by atoms with Gasteiger partial charge in [-0.2, -0.15) is 0 Å². The van der Waals surface area contributed by atoms with Crippen LogP contribution in [0.1, 0.15) is 49.1 Å². The van der Waals surface area contributed by atoms with Crippen molar-refractivity contribution in [3.63, 3.8) is 0 Å². The van der Waals surface area contributed by atoms with Crippen LogP contribution in [0.25, 0.3) is 0 Å². The Balaban J connectivity index is 1.62. The maximum atomic E-state index is 6.10. The van der Waals surface area contributed by atoms with Crippen molar-refractivity contribution in [3.8, 4) is 0 Å². The summed E-state index contributed by atoms with van der Waals surface area (Å²) in [7, 11) is 0. The quantitative estimate of drug-likeness (QED) is 0.826. The number of hydrogen-bond donors (Lipinski definition) is 1. The molecule has 1 N–H and O–H groups in total. The Kier molecular flexibility index (Phi) is 5.60. The fourth-order valence-corrected chi connectivity index (χ4v) is 3.68. The van der Waals surface area contributed by atoms with Crippen LogP contribution >= 0.6 is 11.6 Å². The van der Waals surface area contributed by atoms with E-state index in [9.17, 15) is 0 Å². The lowest BCUT2D eigenvalue weighted by molar-refractivity contribution is 0.245. The van der Waals surface area contributed by atoms with E-state index in [0.29, 0.717) is 12.1 Å². The predicted molar refractivity (Wildman–Crippen MR) is 102 cm³/mol. The summed E-state index contributed by atoms with van der Waals surface area (Å²) >= 11 is 6.10. The van der Waals surface area contributed by atoms with Crippen LogP contribution in [0.4, 0.5) is 0 Å². The number of rotatable bonds is 5. The zero-order valence-electron chi connectivity index (χ0n) is 14.8. The van der Waals surface area contributed by atoms with E-state index in [1.54, 1.807) is 0 Å². The first-order chi connectivity index (χ1) is 11.5. The molecule has 0 radical (unpaired) electrons. The number of halogens is 1. The number of nitrogens with zero attached hydrogens (tertiary/aromatic N) is 1. The van der Waals surface area contributed by atoms with Crippen LogP contribution in [0.2, 0.25) is 5.02 Å². The number of nitrogens with one attached hydrogen (secondary N) is 1. The molecule has 0 saturated heterocycles. The molecule has 1 heterocycles. The van der Waals surface area contributed by atoms with Crippen LogP contribution < -0.4 is 5.32 Å². The van der Waals surface area contributed by atoms with Gasteiger partial charge in [0.15, 0.2) is 0 Å². The summed E-state index contributed by atoms with van der Waals surface area (Å²) in [6.07, 6.45) is 1.09. The van der Waals surface area contributed by atoms with E-state index in [1.807, 2.05) is 6.07 Å². The molecule has 0 amide bonds. The van der Waals surface area contributed by atoms with Crippen LogP contribution in [-0.4, -0.2) is 17.5 Å². The van der Waals surface area contributed by atoms with Gasteiger partial charge in [-0.15, -0.1) is 0 Å². The lowest BCUT2D eigenvalue weighted by atomic mass is 9.99. The van der Waals surface area contributed by atoms with Crippen LogP contribution in [0.3, 0.4) is 0 Å². The standard InChI is InChI=1S/C21H27ClN2/c1-15(2)23-16(3)18-6-4-17(5-7-18)13-24-11-10-19-12-21(22)9-8-20(19)14-24/h4-9,12,15-16,23H,10-11,13-14H2,1-3H3/t16-/m0/s1. The summed E-state index contributed by atoms with van der Waals surface area (Å²) in [5.74, 6) is 0. The molecule has 24 heavy (non-hydrogen) atoms. The van der Waals surface area contributed by atoms with Crippen molar-refractivity contribution < 1.29 is 0 Å². The number of fused-ring (bicyclic) bond motifs is 1. The second kappa shape index (κ2) is 7.69. The van der Waals surface area contributed by atoms with Gasteiger partial charge in [0, 0.05) is 36.7 Å². The van der Waals surface area contributed by atoms with Crippen molar-refractivity contribution >= 4 is 11.6 Å². The summed E-state index contributed by atoms with van der Waals surface area (Å²) in [6, 6.07) is 16.2. The Morgan fingerprint density at radius 3 is 2.50 bits per heavy atom. The van der Waals surface area contributed by atoms with Crippen LogP contribution in [-0.2, 0) is 19.5 Å². The van der Waals surface area contributed by atoms with Crippen molar-refractivity contribution in [2.45, 2.75) is 52.4 Å². The van der Waals surface area contributed by atoms with Crippen LogP contribution in [0.5, 0.6) is 0 Å². The van der Waals surface area contributed by atoms with E-state index in [1.165, 1.54) is 22.3 Å². The highest BCUT2D eigenvalue weighted by Crippen LogP contribution is 2.24. The summed E-state index contributed by atoms with van der Waals surface area (Å²) in [5, 5.41) is 4.40. The summed E-state index contributed by atoms with van der Waals surface area (Å²) in [5.41, 5.74) is 5.55. The maximum Gasteiger partial charge on any atom is 0.0408 e. The Morgan fingerprint density at radius 1 is 1.04 bits per heavy atom. The van der Waals surface area contributed by atoms with Crippen molar-refractivity contribution in [1.29, 1.82) is 0 Å². The fourth-order valence-electron chi connectivity index (χ4n) is 3.48. The summed E-state index contributed by atoms with van der Waals surface area (Å²) in [6.45, 7) is 9.72. The lowest BCUT2D eigenvalue weighted by Crippen LogP contribution is -2.30. The molecule has 2 aromatic carbocycles. The van der Waals surface area contributed by atoms with Gasteiger partial charge < -0.3 is 5.32 Å². The van der Waals surface area contributed by atoms with Crippen LogP contribution in [0.15, 0.2) is 42.5 Å². The summed E-state index contributed by atoms with van der Waals surface area (Å²) in [4.78, 5) is 2.51. The average Bonchev–Trinajstić information content (AvgIpc) is 2.55. The maximum absolute atomic E-state index is 6.10. The van der Waals surface area contributed by atoms with Crippen molar-refractivity contribution in [2.24, 2.45) is 0 Å². The van der Waals surface area contributed by atoms with Gasteiger partial charge in [-0.1, -0.05) is 55.8 Å². The average molecular weight is 343 g/mol. The highest BCUT2D eigenvalue weighted by molar-refractivity contribution is 6.30. The second-order valence-corrected chi connectivity index (χ2v) is 7.59. The molecule has 0 aromatic heterocycles. The monoisotopic (exact) mass is 342 g/mol. The van der Waals surface area contributed by atoms with E-state index >= 15 is 0 Å². The molecule has 3 rings (SSSR count). The molecular formula is C21H27ClN2. The largest absolute Gasteiger partial charge is 0.308 e. The summed E-state index contributed by atoms with van der Waals surface area (Å²) < 4.78 is 0. The molecule has 2 nitrogen and oxygen atoms in total. The normalized spacial score (nSPS) is 16.2. The third-order valence-electron chi connectivity index (χ3n) is 4.73. The SMILES string of the molecule is CC(C)N[C@@H](C)c1ccc(CN2CCc3cc(Cl)ccc3C2)cc1. The van der Waals surface area contributed by atoms with E-state index in [0.717, 1.165) is 31.1 Å². The van der Waals surface area contributed by atoms with Gasteiger partial charge in [0.2, 0.25) is 0 Å². The molecule has 0 unspecified atom stereocenters. The molecule has 2 aromatic rings. The van der Waals surface area contributed by atoms with Gasteiger partial charge in [-0.3, -0.25) is 4.90 Å². The zero-order chi connectivity index (χ0) is 17.1. The molecule has 0 spiro atoms. The van der Waals surface area contributed by atoms with E-state index < -0.39 is 0 Å². The molecule has 128 valence electrons. The molecule has 0 saturated carbocycles. The minimum absolute atomic E-state index is 0.394. The Labute approximate surface area is 150 Å². The number of hydrogen-bond acceptors (Lipinski definition) is 2. The van der Waals surface area contributed by atoms with Crippen molar-refractivity contribution in [1.82, 2.24) is 10.2 Å². The topological polar surface area (TPSA) is 15.3 Å². The number of benzene rings is 2.